The molecule has 1 atom stereocenters. The van der Waals surface area contributed by atoms with Crippen molar-refractivity contribution in [2.24, 2.45) is 5.92 Å². The van der Waals surface area contributed by atoms with Crippen molar-refractivity contribution in [2.45, 2.75) is 38.5 Å². The molecule has 0 bridgehead atoms. The highest BCUT2D eigenvalue weighted by atomic mass is 32.2. The quantitative estimate of drug-likeness (QED) is 0.761. The molecule has 0 saturated carbocycles. The van der Waals surface area contributed by atoms with Crippen molar-refractivity contribution in [1.29, 1.82) is 0 Å². The molecule has 7 nitrogen and oxygen atoms in total. The van der Waals surface area contributed by atoms with E-state index in [9.17, 15) is 18.0 Å². The van der Waals surface area contributed by atoms with Crippen LogP contribution < -0.4 is 5.32 Å². The first-order valence-corrected chi connectivity index (χ1v) is 11.0. The topological polar surface area (TPSA) is 86.8 Å². The van der Waals surface area contributed by atoms with Crippen LogP contribution in [0, 0.1) is 5.92 Å². The lowest BCUT2D eigenvalue weighted by Gasteiger charge is -2.32. The molecule has 1 aliphatic heterocycles. The Hall–Kier alpha value is -1.93. The molecule has 27 heavy (non-hydrogen) atoms. The number of amides is 2. The molecule has 0 radical (unpaired) electrons. The fourth-order valence-electron chi connectivity index (χ4n) is 3.38. The zero-order chi connectivity index (χ0) is 20.0. The minimum absolute atomic E-state index is 0.0344. The maximum absolute atomic E-state index is 12.9. The molecule has 1 aromatic rings. The number of carbonyl (C=O) groups excluding carboxylic acids is 2. The average molecular weight is 396 g/mol. The fourth-order valence-corrected chi connectivity index (χ4v) is 4.88. The molecule has 1 N–H and O–H groups in total. The molecule has 1 aromatic carbocycles. The van der Waals surface area contributed by atoms with Crippen LogP contribution in [0.25, 0.3) is 0 Å². The van der Waals surface area contributed by atoms with E-state index < -0.39 is 10.0 Å². The number of nitrogens with zero attached hydrogens (tertiary/aromatic N) is 2. The Morgan fingerprint density at radius 1 is 1.22 bits per heavy atom. The number of rotatable bonds is 7. The summed E-state index contributed by atoms with van der Waals surface area (Å²) < 4.78 is 26.8. The Morgan fingerprint density at radius 3 is 2.56 bits per heavy atom. The monoisotopic (exact) mass is 395 g/mol. The summed E-state index contributed by atoms with van der Waals surface area (Å²) in [5, 5.41) is 2.81. The summed E-state index contributed by atoms with van der Waals surface area (Å²) in [6.45, 7) is 7.67. The lowest BCUT2D eigenvalue weighted by molar-refractivity contribution is -0.126. The molecule has 1 saturated heterocycles. The van der Waals surface area contributed by atoms with E-state index in [0.717, 1.165) is 12.8 Å². The number of likely N-dealkylation sites (tertiary alicyclic amines) is 1. The molecular weight excluding hydrogens is 366 g/mol. The fraction of sp³-hybridized carbons (Fsp3) is 0.579. The number of nitrogens with one attached hydrogen (secondary N) is 1. The highest BCUT2D eigenvalue weighted by Crippen LogP contribution is 2.21. The summed E-state index contributed by atoms with van der Waals surface area (Å²) in [6, 6.07) is 6.16. The number of benzene rings is 1. The second kappa shape index (κ2) is 9.32. The van der Waals surface area contributed by atoms with Crippen LogP contribution in [0.4, 0.5) is 0 Å². The molecule has 0 spiro atoms. The predicted molar refractivity (Wildman–Crippen MR) is 104 cm³/mol. The van der Waals surface area contributed by atoms with Crippen molar-refractivity contribution in [3.05, 3.63) is 29.8 Å². The van der Waals surface area contributed by atoms with Gasteiger partial charge in [0.25, 0.3) is 5.91 Å². The van der Waals surface area contributed by atoms with E-state index in [1.807, 2.05) is 6.92 Å². The Bertz CT molecular complexity index is 775. The largest absolute Gasteiger partial charge is 0.356 e. The molecule has 2 rings (SSSR count). The van der Waals surface area contributed by atoms with Crippen molar-refractivity contribution in [1.82, 2.24) is 14.5 Å². The average Bonchev–Trinajstić information content (AvgIpc) is 2.68. The van der Waals surface area contributed by atoms with E-state index in [2.05, 4.69) is 5.32 Å². The van der Waals surface area contributed by atoms with Crippen molar-refractivity contribution in [2.75, 3.05) is 32.7 Å². The second-order valence-corrected chi connectivity index (χ2v) is 8.54. The maximum atomic E-state index is 12.9. The third-order valence-corrected chi connectivity index (χ3v) is 6.90. The van der Waals surface area contributed by atoms with Gasteiger partial charge in [0, 0.05) is 38.3 Å². The number of sulfonamides is 1. The van der Waals surface area contributed by atoms with Gasteiger partial charge in [0.2, 0.25) is 15.9 Å². The maximum Gasteiger partial charge on any atom is 0.253 e. The Morgan fingerprint density at radius 2 is 1.93 bits per heavy atom. The van der Waals surface area contributed by atoms with Gasteiger partial charge in [-0.2, -0.15) is 4.31 Å². The highest BCUT2D eigenvalue weighted by Gasteiger charge is 2.29. The van der Waals surface area contributed by atoms with Crippen LogP contribution in [-0.2, 0) is 14.8 Å². The lowest BCUT2D eigenvalue weighted by atomic mass is 9.96. The van der Waals surface area contributed by atoms with Crippen LogP contribution in [-0.4, -0.2) is 62.2 Å². The van der Waals surface area contributed by atoms with Crippen molar-refractivity contribution >= 4 is 21.8 Å². The predicted octanol–water partition coefficient (Wildman–Crippen LogP) is 1.71. The third kappa shape index (κ3) is 4.87. The SMILES string of the molecule is CCNC(=O)C1CCCN(C(=O)c2cccc(S(=O)(=O)N(CC)CC)c2)C1. The minimum Gasteiger partial charge on any atom is -0.356 e. The van der Waals surface area contributed by atoms with E-state index >= 15 is 0 Å². The van der Waals surface area contributed by atoms with Crippen LogP contribution in [0.1, 0.15) is 44.0 Å². The smallest absolute Gasteiger partial charge is 0.253 e. The summed E-state index contributed by atoms with van der Waals surface area (Å²) >= 11 is 0. The van der Waals surface area contributed by atoms with Crippen LogP contribution in [0.15, 0.2) is 29.2 Å². The van der Waals surface area contributed by atoms with Crippen molar-refractivity contribution in [3.8, 4) is 0 Å². The molecule has 8 heteroatoms. The summed E-state index contributed by atoms with van der Waals surface area (Å²) in [4.78, 5) is 26.8. The van der Waals surface area contributed by atoms with Gasteiger partial charge in [-0.1, -0.05) is 19.9 Å². The normalized spacial score (nSPS) is 17.8. The van der Waals surface area contributed by atoms with Gasteiger partial charge >= 0.3 is 0 Å². The van der Waals surface area contributed by atoms with E-state index in [0.29, 0.717) is 38.3 Å². The summed E-state index contributed by atoms with van der Waals surface area (Å²) in [5.41, 5.74) is 0.333. The van der Waals surface area contributed by atoms with E-state index in [4.69, 9.17) is 0 Å². The van der Waals surface area contributed by atoms with Gasteiger partial charge in [0.15, 0.2) is 0 Å². The van der Waals surface area contributed by atoms with Crippen molar-refractivity contribution in [3.63, 3.8) is 0 Å². The van der Waals surface area contributed by atoms with Crippen LogP contribution in [0.2, 0.25) is 0 Å². The van der Waals surface area contributed by atoms with Crippen LogP contribution in [0.5, 0.6) is 0 Å². The third-order valence-electron chi connectivity index (χ3n) is 4.85. The standard InChI is InChI=1S/C19H29N3O4S/c1-4-20-18(23)16-10-8-12-21(14-16)19(24)15-9-7-11-17(13-15)27(25,26)22(5-2)6-3/h7,9,11,13,16H,4-6,8,10,12,14H2,1-3H3,(H,20,23). The first kappa shape index (κ1) is 21.4. The van der Waals surface area contributed by atoms with E-state index in [-0.39, 0.29) is 22.6 Å². The first-order valence-electron chi connectivity index (χ1n) is 9.52. The molecule has 2 amide bonds. The second-order valence-electron chi connectivity index (χ2n) is 6.60. The summed E-state index contributed by atoms with van der Waals surface area (Å²) in [7, 11) is -3.62. The first-order chi connectivity index (χ1) is 12.8. The minimum atomic E-state index is -3.62. The summed E-state index contributed by atoms with van der Waals surface area (Å²) in [5.74, 6) is -0.487. The van der Waals surface area contributed by atoms with E-state index in [1.165, 1.54) is 16.4 Å². The van der Waals surface area contributed by atoms with Gasteiger partial charge in [0.1, 0.15) is 0 Å². The van der Waals surface area contributed by atoms with Gasteiger partial charge in [0.05, 0.1) is 10.8 Å². The molecule has 150 valence electrons. The zero-order valence-corrected chi connectivity index (χ0v) is 17.1. The van der Waals surface area contributed by atoms with Gasteiger partial charge in [-0.3, -0.25) is 9.59 Å². The van der Waals surface area contributed by atoms with E-state index in [1.54, 1.807) is 30.9 Å². The van der Waals surface area contributed by atoms with Gasteiger partial charge in [-0.15, -0.1) is 0 Å². The highest BCUT2D eigenvalue weighted by molar-refractivity contribution is 7.89. The van der Waals surface area contributed by atoms with Crippen LogP contribution in [0.3, 0.4) is 0 Å². The Labute approximate surface area is 161 Å². The van der Waals surface area contributed by atoms with Crippen LogP contribution >= 0.6 is 0 Å². The summed E-state index contributed by atoms with van der Waals surface area (Å²) in [6.07, 6.45) is 1.51. The van der Waals surface area contributed by atoms with Gasteiger partial charge in [-0.25, -0.2) is 8.42 Å². The van der Waals surface area contributed by atoms with Gasteiger partial charge < -0.3 is 10.2 Å². The molecular formula is C19H29N3O4S. The lowest BCUT2D eigenvalue weighted by Crippen LogP contribution is -2.45. The molecule has 0 aliphatic carbocycles. The number of carbonyl (C=O) groups is 2. The molecule has 1 unspecified atom stereocenters. The molecule has 0 aromatic heterocycles. The van der Waals surface area contributed by atoms with Gasteiger partial charge in [-0.05, 0) is 38.0 Å². The Balaban J connectivity index is 2.21. The molecule has 1 heterocycles. The molecule has 1 aliphatic rings. The van der Waals surface area contributed by atoms with Crippen molar-refractivity contribution < 1.29 is 18.0 Å². The number of hydrogen-bond donors (Lipinski definition) is 1. The zero-order valence-electron chi connectivity index (χ0n) is 16.3. The number of piperidine rings is 1. The Kier molecular flexibility index (Phi) is 7.38. The molecule has 1 fully saturated rings. The number of hydrogen-bond acceptors (Lipinski definition) is 4.